The minimum Gasteiger partial charge on any atom is -0.493 e. The van der Waals surface area contributed by atoms with Crippen LogP contribution in [0.3, 0.4) is 0 Å². The first-order valence-corrected chi connectivity index (χ1v) is 7.15. The van der Waals surface area contributed by atoms with E-state index in [-0.39, 0.29) is 0 Å². The molecule has 0 amide bonds. The summed E-state index contributed by atoms with van der Waals surface area (Å²) in [4.78, 5) is 0. The predicted octanol–water partition coefficient (Wildman–Crippen LogP) is 3.61. The summed E-state index contributed by atoms with van der Waals surface area (Å²) in [6.07, 6.45) is 0. The number of para-hydroxylation sites is 1. The highest BCUT2D eigenvalue weighted by atomic mass is 16.5. The molecule has 21 heavy (non-hydrogen) atoms. The van der Waals surface area contributed by atoms with Gasteiger partial charge in [-0.25, -0.2) is 0 Å². The molecule has 0 fully saturated rings. The zero-order valence-corrected chi connectivity index (χ0v) is 13.2. The standard InChI is InChI=1S/C18H23NO2/c1-13-8-9-15(10-14(13)2)12-21-18-16(11-19-3)6-5-7-17(18)20-4/h5-10,19H,11-12H2,1-4H3. The summed E-state index contributed by atoms with van der Waals surface area (Å²) in [5.41, 5.74) is 4.85. The number of ether oxygens (including phenoxy) is 2. The van der Waals surface area contributed by atoms with E-state index in [1.54, 1.807) is 7.11 Å². The number of hydrogen-bond acceptors (Lipinski definition) is 3. The average molecular weight is 285 g/mol. The van der Waals surface area contributed by atoms with E-state index in [9.17, 15) is 0 Å². The van der Waals surface area contributed by atoms with Crippen molar-refractivity contribution in [3.8, 4) is 11.5 Å². The second-order valence-electron chi connectivity index (χ2n) is 5.19. The van der Waals surface area contributed by atoms with E-state index in [0.29, 0.717) is 6.61 Å². The number of nitrogens with one attached hydrogen (secondary N) is 1. The van der Waals surface area contributed by atoms with Gasteiger partial charge in [0.25, 0.3) is 0 Å². The lowest BCUT2D eigenvalue weighted by molar-refractivity contribution is 0.281. The molecule has 0 atom stereocenters. The van der Waals surface area contributed by atoms with Crippen molar-refractivity contribution >= 4 is 0 Å². The van der Waals surface area contributed by atoms with Crippen LogP contribution in [0.5, 0.6) is 11.5 Å². The van der Waals surface area contributed by atoms with Crippen molar-refractivity contribution in [1.82, 2.24) is 5.32 Å². The Labute approximate surface area is 126 Å². The largest absolute Gasteiger partial charge is 0.493 e. The molecule has 2 aromatic rings. The molecule has 0 aliphatic heterocycles. The molecule has 0 aliphatic rings. The van der Waals surface area contributed by atoms with Gasteiger partial charge in [0.2, 0.25) is 0 Å². The van der Waals surface area contributed by atoms with Crippen molar-refractivity contribution < 1.29 is 9.47 Å². The second-order valence-corrected chi connectivity index (χ2v) is 5.19. The average Bonchev–Trinajstić information content (AvgIpc) is 2.49. The first-order valence-electron chi connectivity index (χ1n) is 7.15. The number of aryl methyl sites for hydroxylation is 2. The van der Waals surface area contributed by atoms with Crippen LogP contribution < -0.4 is 14.8 Å². The van der Waals surface area contributed by atoms with Gasteiger partial charge in [-0.3, -0.25) is 0 Å². The van der Waals surface area contributed by atoms with Gasteiger partial charge in [0.1, 0.15) is 6.61 Å². The highest BCUT2D eigenvalue weighted by Gasteiger charge is 2.10. The summed E-state index contributed by atoms with van der Waals surface area (Å²) in [5, 5.41) is 3.15. The summed E-state index contributed by atoms with van der Waals surface area (Å²) in [6.45, 7) is 5.53. The molecule has 0 spiro atoms. The first-order chi connectivity index (χ1) is 10.2. The van der Waals surface area contributed by atoms with Crippen molar-refractivity contribution in [3.63, 3.8) is 0 Å². The molecule has 0 saturated heterocycles. The van der Waals surface area contributed by atoms with E-state index >= 15 is 0 Å². The zero-order valence-electron chi connectivity index (χ0n) is 13.2. The topological polar surface area (TPSA) is 30.5 Å². The molecule has 0 unspecified atom stereocenters. The van der Waals surface area contributed by atoms with E-state index < -0.39 is 0 Å². The van der Waals surface area contributed by atoms with Crippen LogP contribution in [0.1, 0.15) is 22.3 Å². The Morgan fingerprint density at radius 2 is 1.86 bits per heavy atom. The Kier molecular flexibility index (Phi) is 5.23. The molecule has 112 valence electrons. The molecule has 1 N–H and O–H groups in total. The Hall–Kier alpha value is -2.00. The third-order valence-corrected chi connectivity index (χ3v) is 3.60. The van der Waals surface area contributed by atoms with Crippen LogP contribution in [0.15, 0.2) is 36.4 Å². The zero-order chi connectivity index (χ0) is 15.2. The first kappa shape index (κ1) is 15.4. The van der Waals surface area contributed by atoms with E-state index in [4.69, 9.17) is 9.47 Å². The minimum atomic E-state index is 0.540. The number of methoxy groups -OCH3 is 1. The molecule has 0 bridgehead atoms. The third kappa shape index (κ3) is 3.76. The van der Waals surface area contributed by atoms with Gasteiger partial charge in [0, 0.05) is 12.1 Å². The van der Waals surface area contributed by atoms with Crippen molar-refractivity contribution in [2.75, 3.05) is 14.2 Å². The molecule has 2 aromatic carbocycles. The van der Waals surface area contributed by atoms with Gasteiger partial charge in [-0.2, -0.15) is 0 Å². The van der Waals surface area contributed by atoms with Gasteiger partial charge in [0.05, 0.1) is 7.11 Å². The SMILES string of the molecule is CNCc1cccc(OC)c1OCc1ccc(C)c(C)c1. The van der Waals surface area contributed by atoms with Crippen LogP contribution in [-0.4, -0.2) is 14.2 Å². The number of rotatable bonds is 6. The van der Waals surface area contributed by atoms with Crippen molar-refractivity contribution in [2.45, 2.75) is 27.0 Å². The van der Waals surface area contributed by atoms with Crippen LogP contribution in [0.2, 0.25) is 0 Å². The molecular formula is C18H23NO2. The summed E-state index contributed by atoms with van der Waals surface area (Å²) >= 11 is 0. The van der Waals surface area contributed by atoms with Gasteiger partial charge in [-0.1, -0.05) is 30.3 Å². The second kappa shape index (κ2) is 7.14. The summed E-state index contributed by atoms with van der Waals surface area (Å²) in [5.74, 6) is 1.58. The van der Waals surface area contributed by atoms with Gasteiger partial charge in [0.15, 0.2) is 11.5 Å². The predicted molar refractivity (Wildman–Crippen MR) is 86.0 cm³/mol. The molecule has 3 nitrogen and oxygen atoms in total. The van der Waals surface area contributed by atoms with Crippen LogP contribution in [0.25, 0.3) is 0 Å². The number of benzene rings is 2. The monoisotopic (exact) mass is 285 g/mol. The van der Waals surface area contributed by atoms with Gasteiger partial charge < -0.3 is 14.8 Å². The Morgan fingerprint density at radius 3 is 2.52 bits per heavy atom. The molecule has 0 saturated carbocycles. The lowest BCUT2D eigenvalue weighted by Crippen LogP contribution is -2.08. The maximum atomic E-state index is 6.03. The maximum Gasteiger partial charge on any atom is 0.166 e. The van der Waals surface area contributed by atoms with Crippen LogP contribution in [-0.2, 0) is 13.2 Å². The van der Waals surface area contributed by atoms with Gasteiger partial charge >= 0.3 is 0 Å². The summed E-state index contributed by atoms with van der Waals surface area (Å²) < 4.78 is 11.4. The van der Waals surface area contributed by atoms with E-state index in [2.05, 4.69) is 43.4 Å². The lowest BCUT2D eigenvalue weighted by Gasteiger charge is -2.15. The summed E-state index contributed by atoms with van der Waals surface area (Å²) in [7, 11) is 3.59. The number of hydrogen-bond donors (Lipinski definition) is 1. The van der Waals surface area contributed by atoms with Crippen LogP contribution >= 0.6 is 0 Å². The Balaban J connectivity index is 2.20. The van der Waals surface area contributed by atoms with E-state index in [1.165, 1.54) is 16.7 Å². The lowest BCUT2D eigenvalue weighted by atomic mass is 10.1. The highest BCUT2D eigenvalue weighted by Crippen LogP contribution is 2.31. The van der Waals surface area contributed by atoms with Crippen molar-refractivity contribution in [2.24, 2.45) is 0 Å². The van der Waals surface area contributed by atoms with Gasteiger partial charge in [-0.05, 0) is 43.7 Å². The Bertz CT molecular complexity index is 608. The molecule has 0 aliphatic carbocycles. The molecular weight excluding hydrogens is 262 g/mol. The fraction of sp³-hybridized carbons (Fsp3) is 0.333. The molecule has 2 rings (SSSR count). The van der Waals surface area contributed by atoms with Gasteiger partial charge in [-0.15, -0.1) is 0 Å². The molecule has 0 radical (unpaired) electrons. The third-order valence-electron chi connectivity index (χ3n) is 3.60. The smallest absolute Gasteiger partial charge is 0.166 e. The maximum absolute atomic E-state index is 6.03. The van der Waals surface area contributed by atoms with Crippen LogP contribution in [0.4, 0.5) is 0 Å². The summed E-state index contributed by atoms with van der Waals surface area (Å²) in [6, 6.07) is 12.4. The quantitative estimate of drug-likeness (QED) is 0.879. The minimum absolute atomic E-state index is 0.540. The van der Waals surface area contributed by atoms with Crippen molar-refractivity contribution in [1.29, 1.82) is 0 Å². The van der Waals surface area contributed by atoms with E-state index in [0.717, 1.165) is 23.6 Å². The Morgan fingerprint density at radius 1 is 1.05 bits per heavy atom. The fourth-order valence-electron chi connectivity index (χ4n) is 2.26. The van der Waals surface area contributed by atoms with E-state index in [1.807, 2.05) is 19.2 Å². The molecule has 3 heteroatoms. The van der Waals surface area contributed by atoms with Crippen LogP contribution in [0, 0.1) is 13.8 Å². The highest BCUT2D eigenvalue weighted by molar-refractivity contribution is 5.46. The van der Waals surface area contributed by atoms with Crippen molar-refractivity contribution in [3.05, 3.63) is 58.7 Å². The fourth-order valence-corrected chi connectivity index (χ4v) is 2.26. The molecule has 0 heterocycles. The molecule has 0 aromatic heterocycles. The normalized spacial score (nSPS) is 10.5.